The molecule has 1 fully saturated rings. The van der Waals surface area contributed by atoms with E-state index in [1.54, 1.807) is 0 Å². The SMILES string of the molecule is CNC(C)C(=O)N1CC(C)CC(C)C1. The molecule has 0 bridgehead atoms. The lowest BCUT2D eigenvalue weighted by atomic mass is 9.91. The number of likely N-dealkylation sites (N-methyl/N-ethyl adjacent to an activating group) is 1. The molecule has 1 N–H and O–H groups in total. The zero-order valence-electron chi connectivity index (χ0n) is 9.71. The van der Waals surface area contributed by atoms with Crippen LogP contribution in [0.3, 0.4) is 0 Å². The summed E-state index contributed by atoms with van der Waals surface area (Å²) in [4.78, 5) is 13.9. The summed E-state index contributed by atoms with van der Waals surface area (Å²) in [5, 5.41) is 3.00. The molecular weight excluding hydrogens is 176 g/mol. The third-order valence-corrected chi connectivity index (χ3v) is 2.98. The molecule has 3 unspecified atom stereocenters. The molecule has 1 amide bonds. The summed E-state index contributed by atoms with van der Waals surface area (Å²) < 4.78 is 0. The standard InChI is InChI=1S/C11H22N2O/c1-8-5-9(2)7-13(6-8)11(14)10(3)12-4/h8-10,12H,5-7H2,1-4H3. The van der Waals surface area contributed by atoms with Gasteiger partial charge in [0.1, 0.15) is 0 Å². The second kappa shape index (κ2) is 4.78. The molecule has 0 aromatic rings. The van der Waals surface area contributed by atoms with Crippen LogP contribution in [0.25, 0.3) is 0 Å². The Bertz CT molecular complexity index is 195. The monoisotopic (exact) mass is 198 g/mol. The van der Waals surface area contributed by atoms with Crippen molar-refractivity contribution < 1.29 is 4.79 Å². The molecule has 3 heteroatoms. The summed E-state index contributed by atoms with van der Waals surface area (Å²) in [7, 11) is 1.83. The first-order chi connectivity index (χ1) is 6.54. The van der Waals surface area contributed by atoms with Gasteiger partial charge in [0.15, 0.2) is 0 Å². The van der Waals surface area contributed by atoms with Crippen molar-refractivity contribution in [1.29, 1.82) is 0 Å². The van der Waals surface area contributed by atoms with E-state index >= 15 is 0 Å². The quantitative estimate of drug-likeness (QED) is 0.720. The van der Waals surface area contributed by atoms with Crippen LogP contribution in [0, 0.1) is 11.8 Å². The van der Waals surface area contributed by atoms with E-state index in [-0.39, 0.29) is 11.9 Å². The highest BCUT2D eigenvalue weighted by Gasteiger charge is 2.27. The summed E-state index contributed by atoms with van der Waals surface area (Å²) in [6.07, 6.45) is 1.25. The van der Waals surface area contributed by atoms with E-state index in [1.807, 2.05) is 18.9 Å². The smallest absolute Gasteiger partial charge is 0.239 e. The maximum Gasteiger partial charge on any atom is 0.239 e. The van der Waals surface area contributed by atoms with Gasteiger partial charge in [0, 0.05) is 13.1 Å². The van der Waals surface area contributed by atoms with E-state index in [0.717, 1.165) is 13.1 Å². The molecular formula is C11H22N2O. The lowest BCUT2D eigenvalue weighted by Gasteiger charge is -2.36. The largest absolute Gasteiger partial charge is 0.341 e. The molecule has 82 valence electrons. The minimum absolute atomic E-state index is 0.0486. The first-order valence-electron chi connectivity index (χ1n) is 5.50. The first-order valence-corrected chi connectivity index (χ1v) is 5.50. The fourth-order valence-electron chi connectivity index (χ4n) is 2.24. The van der Waals surface area contributed by atoms with Crippen molar-refractivity contribution in [1.82, 2.24) is 10.2 Å². The van der Waals surface area contributed by atoms with Gasteiger partial charge in [0.25, 0.3) is 0 Å². The van der Waals surface area contributed by atoms with Crippen molar-refractivity contribution in [3.8, 4) is 0 Å². The van der Waals surface area contributed by atoms with E-state index in [4.69, 9.17) is 0 Å². The van der Waals surface area contributed by atoms with Crippen molar-refractivity contribution >= 4 is 5.91 Å². The van der Waals surface area contributed by atoms with Gasteiger partial charge < -0.3 is 10.2 Å². The zero-order valence-corrected chi connectivity index (χ0v) is 9.71. The van der Waals surface area contributed by atoms with Crippen LogP contribution in [0.4, 0.5) is 0 Å². The summed E-state index contributed by atoms with van der Waals surface area (Å²) in [6.45, 7) is 8.22. The van der Waals surface area contributed by atoms with Crippen LogP contribution >= 0.6 is 0 Å². The highest BCUT2D eigenvalue weighted by molar-refractivity contribution is 5.81. The van der Waals surface area contributed by atoms with E-state index in [9.17, 15) is 4.79 Å². The maximum absolute atomic E-state index is 11.9. The fourth-order valence-corrected chi connectivity index (χ4v) is 2.24. The van der Waals surface area contributed by atoms with E-state index in [2.05, 4.69) is 19.2 Å². The fraction of sp³-hybridized carbons (Fsp3) is 0.909. The molecule has 1 rings (SSSR count). The Kier molecular flexibility index (Phi) is 3.93. The van der Waals surface area contributed by atoms with Gasteiger partial charge in [-0.2, -0.15) is 0 Å². The molecule has 0 radical (unpaired) electrons. The molecule has 1 saturated heterocycles. The number of likely N-dealkylation sites (tertiary alicyclic amines) is 1. The number of hydrogen-bond donors (Lipinski definition) is 1. The molecule has 3 nitrogen and oxygen atoms in total. The number of nitrogens with zero attached hydrogens (tertiary/aromatic N) is 1. The minimum atomic E-state index is -0.0486. The molecule has 1 aliphatic rings. The van der Waals surface area contributed by atoms with Gasteiger partial charge in [-0.05, 0) is 32.2 Å². The van der Waals surface area contributed by atoms with Crippen LogP contribution < -0.4 is 5.32 Å². The summed E-state index contributed by atoms with van der Waals surface area (Å²) in [5.41, 5.74) is 0. The Hall–Kier alpha value is -0.570. The van der Waals surface area contributed by atoms with E-state index in [1.165, 1.54) is 6.42 Å². The maximum atomic E-state index is 11.9. The van der Waals surface area contributed by atoms with Crippen LogP contribution in [0.5, 0.6) is 0 Å². The third-order valence-electron chi connectivity index (χ3n) is 2.98. The van der Waals surface area contributed by atoms with E-state index in [0.29, 0.717) is 11.8 Å². The van der Waals surface area contributed by atoms with Crippen LogP contribution in [0.2, 0.25) is 0 Å². The molecule has 1 heterocycles. The number of carbonyl (C=O) groups is 1. The van der Waals surface area contributed by atoms with Gasteiger partial charge in [-0.25, -0.2) is 0 Å². The highest BCUT2D eigenvalue weighted by atomic mass is 16.2. The van der Waals surface area contributed by atoms with Crippen molar-refractivity contribution in [2.24, 2.45) is 11.8 Å². The van der Waals surface area contributed by atoms with Crippen molar-refractivity contribution in [3.63, 3.8) is 0 Å². The average Bonchev–Trinajstić information content (AvgIpc) is 2.14. The Morgan fingerprint density at radius 1 is 1.36 bits per heavy atom. The Balaban J connectivity index is 2.54. The Labute approximate surface area is 86.9 Å². The predicted molar refractivity (Wildman–Crippen MR) is 58.0 cm³/mol. The number of piperidine rings is 1. The molecule has 1 aliphatic heterocycles. The zero-order chi connectivity index (χ0) is 10.7. The summed E-state index contributed by atoms with van der Waals surface area (Å²) >= 11 is 0. The minimum Gasteiger partial charge on any atom is -0.341 e. The number of carbonyl (C=O) groups excluding carboxylic acids is 1. The van der Waals surface area contributed by atoms with Crippen LogP contribution in [0.15, 0.2) is 0 Å². The summed E-state index contributed by atoms with van der Waals surface area (Å²) in [6, 6.07) is -0.0486. The molecule has 0 aliphatic carbocycles. The second-order valence-corrected chi connectivity index (χ2v) is 4.70. The lowest BCUT2D eigenvalue weighted by Crippen LogP contribution is -2.49. The Morgan fingerprint density at radius 3 is 2.29 bits per heavy atom. The van der Waals surface area contributed by atoms with Gasteiger partial charge in [0.05, 0.1) is 6.04 Å². The average molecular weight is 198 g/mol. The van der Waals surface area contributed by atoms with Gasteiger partial charge in [-0.3, -0.25) is 4.79 Å². The van der Waals surface area contributed by atoms with Crippen molar-refractivity contribution in [3.05, 3.63) is 0 Å². The topological polar surface area (TPSA) is 32.3 Å². The van der Waals surface area contributed by atoms with Crippen molar-refractivity contribution in [2.75, 3.05) is 20.1 Å². The molecule has 0 aromatic heterocycles. The molecule has 0 saturated carbocycles. The van der Waals surface area contributed by atoms with E-state index < -0.39 is 0 Å². The van der Waals surface area contributed by atoms with Gasteiger partial charge in [-0.15, -0.1) is 0 Å². The molecule has 0 aromatic carbocycles. The highest BCUT2D eigenvalue weighted by Crippen LogP contribution is 2.21. The lowest BCUT2D eigenvalue weighted by molar-refractivity contribution is -0.135. The third kappa shape index (κ3) is 2.71. The van der Waals surface area contributed by atoms with Crippen molar-refractivity contribution in [2.45, 2.75) is 33.2 Å². The molecule has 14 heavy (non-hydrogen) atoms. The summed E-state index contributed by atoms with van der Waals surface area (Å²) in [5.74, 6) is 1.53. The normalized spacial score (nSPS) is 30.1. The molecule has 3 atom stereocenters. The number of rotatable bonds is 2. The number of amides is 1. The second-order valence-electron chi connectivity index (χ2n) is 4.70. The first kappa shape index (κ1) is 11.5. The van der Waals surface area contributed by atoms with Gasteiger partial charge in [-0.1, -0.05) is 13.8 Å². The number of hydrogen-bond acceptors (Lipinski definition) is 2. The Morgan fingerprint density at radius 2 is 1.86 bits per heavy atom. The van der Waals surface area contributed by atoms with Crippen LogP contribution in [-0.4, -0.2) is 37.0 Å². The van der Waals surface area contributed by atoms with Crippen LogP contribution in [-0.2, 0) is 4.79 Å². The number of nitrogens with one attached hydrogen (secondary N) is 1. The van der Waals surface area contributed by atoms with Gasteiger partial charge in [0.2, 0.25) is 5.91 Å². The molecule has 0 spiro atoms. The predicted octanol–water partition coefficient (Wildman–Crippen LogP) is 1.10. The van der Waals surface area contributed by atoms with Crippen LogP contribution in [0.1, 0.15) is 27.2 Å². The van der Waals surface area contributed by atoms with Gasteiger partial charge >= 0.3 is 0 Å².